The molecule has 1 atom stereocenters. The molecule has 1 aliphatic rings. The molecule has 1 N–H and O–H groups in total. The minimum absolute atomic E-state index is 0.0165. The largest absolute Gasteiger partial charge is 0.494 e. The molecule has 0 saturated heterocycles. The number of ether oxygens (including phenoxy) is 2. The molecule has 6 heteroatoms. The summed E-state index contributed by atoms with van der Waals surface area (Å²) in [5.41, 5.74) is 3.48. The molecule has 1 aromatic carbocycles. The first kappa shape index (κ1) is 16.4. The quantitative estimate of drug-likeness (QED) is 0.915. The van der Waals surface area contributed by atoms with Crippen LogP contribution in [-0.4, -0.2) is 29.4 Å². The van der Waals surface area contributed by atoms with Gasteiger partial charge in [-0.3, -0.25) is 4.79 Å². The Morgan fingerprint density at radius 2 is 2.25 bits per heavy atom. The lowest BCUT2D eigenvalue weighted by Crippen LogP contribution is -2.27. The van der Waals surface area contributed by atoms with E-state index in [4.69, 9.17) is 9.47 Å². The number of nitrogens with one attached hydrogen (secondary N) is 1. The zero-order chi connectivity index (χ0) is 17.3. The molecule has 2 aromatic rings. The Kier molecular flexibility index (Phi) is 4.46. The first-order valence-electron chi connectivity index (χ1n) is 8.19. The molecule has 24 heavy (non-hydrogen) atoms. The SMILES string of the molecule is CCOc1cccc2c1CCC2NC(=O)c1c(C)nn(C)c1OC. The summed E-state index contributed by atoms with van der Waals surface area (Å²) in [7, 11) is 3.31. The Balaban J connectivity index is 1.85. The van der Waals surface area contributed by atoms with Crippen LogP contribution in [0.4, 0.5) is 0 Å². The second kappa shape index (κ2) is 6.55. The molecule has 1 amide bonds. The van der Waals surface area contributed by atoms with Crippen molar-refractivity contribution in [3.05, 3.63) is 40.6 Å². The lowest BCUT2D eigenvalue weighted by atomic mass is 10.1. The van der Waals surface area contributed by atoms with E-state index in [1.54, 1.807) is 18.8 Å². The third kappa shape index (κ3) is 2.72. The summed E-state index contributed by atoms with van der Waals surface area (Å²) in [5.74, 6) is 1.24. The summed E-state index contributed by atoms with van der Waals surface area (Å²) in [6.07, 6.45) is 1.77. The van der Waals surface area contributed by atoms with E-state index in [2.05, 4.69) is 16.5 Å². The van der Waals surface area contributed by atoms with Gasteiger partial charge in [0, 0.05) is 7.05 Å². The van der Waals surface area contributed by atoms with E-state index in [0.717, 1.165) is 24.2 Å². The number of benzene rings is 1. The third-order valence-corrected chi connectivity index (χ3v) is 4.42. The molecule has 3 rings (SSSR count). The van der Waals surface area contributed by atoms with E-state index >= 15 is 0 Å². The van der Waals surface area contributed by atoms with E-state index in [0.29, 0.717) is 23.7 Å². The highest BCUT2D eigenvalue weighted by Gasteiger charge is 2.29. The Hall–Kier alpha value is -2.50. The van der Waals surface area contributed by atoms with Gasteiger partial charge in [-0.2, -0.15) is 5.10 Å². The van der Waals surface area contributed by atoms with Gasteiger partial charge in [0.25, 0.3) is 5.91 Å². The summed E-state index contributed by atoms with van der Waals surface area (Å²) in [6, 6.07) is 6.01. The molecule has 1 heterocycles. The van der Waals surface area contributed by atoms with Crippen molar-refractivity contribution in [3.63, 3.8) is 0 Å². The molecular formula is C18H23N3O3. The fraction of sp³-hybridized carbons (Fsp3) is 0.444. The van der Waals surface area contributed by atoms with Crippen LogP contribution < -0.4 is 14.8 Å². The molecule has 1 aromatic heterocycles. The molecular weight excluding hydrogens is 306 g/mol. The fourth-order valence-electron chi connectivity index (χ4n) is 3.42. The lowest BCUT2D eigenvalue weighted by molar-refractivity contribution is 0.0932. The van der Waals surface area contributed by atoms with E-state index in [1.807, 2.05) is 26.0 Å². The van der Waals surface area contributed by atoms with Gasteiger partial charge in [-0.15, -0.1) is 0 Å². The highest BCUT2D eigenvalue weighted by Crippen LogP contribution is 2.37. The monoisotopic (exact) mass is 329 g/mol. The predicted octanol–water partition coefficient (Wildman–Crippen LogP) is 2.55. The van der Waals surface area contributed by atoms with E-state index < -0.39 is 0 Å². The van der Waals surface area contributed by atoms with Gasteiger partial charge in [-0.1, -0.05) is 12.1 Å². The molecule has 0 saturated carbocycles. The lowest BCUT2D eigenvalue weighted by Gasteiger charge is -2.15. The molecule has 6 nitrogen and oxygen atoms in total. The Labute approximate surface area is 141 Å². The number of nitrogens with zero attached hydrogens (tertiary/aromatic N) is 2. The van der Waals surface area contributed by atoms with Crippen LogP contribution >= 0.6 is 0 Å². The minimum Gasteiger partial charge on any atom is -0.494 e. The number of carbonyl (C=O) groups excluding carboxylic acids is 1. The van der Waals surface area contributed by atoms with Crippen LogP contribution in [0.15, 0.2) is 18.2 Å². The van der Waals surface area contributed by atoms with Crippen LogP contribution in [0.1, 0.15) is 46.6 Å². The molecule has 1 aliphatic carbocycles. The summed E-state index contributed by atoms with van der Waals surface area (Å²) in [4.78, 5) is 12.8. The van der Waals surface area contributed by atoms with Crippen LogP contribution in [0, 0.1) is 6.92 Å². The second-order valence-electron chi connectivity index (χ2n) is 5.91. The number of amides is 1. The van der Waals surface area contributed by atoms with Crippen LogP contribution in [0.25, 0.3) is 0 Å². The predicted molar refractivity (Wildman–Crippen MR) is 90.6 cm³/mol. The van der Waals surface area contributed by atoms with Gasteiger partial charge in [-0.05, 0) is 43.9 Å². The average Bonchev–Trinajstić information content (AvgIpc) is 3.08. The number of fused-ring (bicyclic) bond motifs is 1. The summed E-state index contributed by atoms with van der Waals surface area (Å²) in [5, 5.41) is 7.39. The third-order valence-electron chi connectivity index (χ3n) is 4.42. The Morgan fingerprint density at radius 3 is 2.96 bits per heavy atom. The topological polar surface area (TPSA) is 65.4 Å². The fourth-order valence-corrected chi connectivity index (χ4v) is 3.42. The molecule has 0 aliphatic heterocycles. The molecule has 128 valence electrons. The highest BCUT2D eigenvalue weighted by atomic mass is 16.5. The Bertz CT molecular complexity index is 767. The molecule has 0 radical (unpaired) electrons. The summed E-state index contributed by atoms with van der Waals surface area (Å²) < 4.78 is 12.6. The van der Waals surface area contributed by atoms with Gasteiger partial charge >= 0.3 is 0 Å². The highest BCUT2D eigenvalue weighted by molar-refractivity contribution is 5.98. The van der Waals surface area contributed by atoms with E-state index in [1.165, 1.54) is 5.56 Å². The van der Waals surface area contributed by atoms with Crippen molar-refractivity contribution in [3.8, 4) is 11.6 Å². The van der Waals surface area contributed by atoms with Crippen LogP contribution in [0.2, 0.25) is 0 Å². The average molecular weight is 329 g/mol. The summed E-state index contributed by atoms with van der Waals surface area (Å²) >= 11 is 0. The van der Waals surface area contributed by atoms with Crippen LogP contribution in [-0.2, 0) is 13.5 Å². The zero-order valence-electron chi connectivity index (χ0n) is 14.5. The van der Waals surface area contributed by atoms with E-state index in [9.17, 15) is 4.79 Å². The number of hydrogen-bond acceptors (Lipinski definition) is 4. The van der Waals surface area contributed by atoms with E-state index in [-0.39, 0.29) is 11.9 Å². The van der Waals surface area contributed by atoms with Crippen molar-refractivity contribution in [2.45, 2.75) is 32.7 Å². The van der Waals surface area contributed by atoms with Gasteiger partial charge in [0.15, 0.2) is 0 Å². The normalized spacial score (nSPS) is 15.9. The smallest absolute Gasteiger partial charge is 0.259 e. The van der Waals surface area contributed by atoms with Crippen molar-refractivity contribution in [2.24, 2.45) is 7.05 Å². The standard InChI is InChI=1S/C18H23N3O3/c1-5-24-15-8-6-7-12-13(15)9-10-14(12)19-17(22)16-11(2)20-21(3)18(16)23-4/h6-8,14H,5,9-10H2,1-4H3,(H,19,22). The van der Waals surface area contributed by atoms with Gasteiger partial charge in [0.05, 0.1) is 25.5 Å². The molecule has 0 fully saturated rings. The molecule has 0 spiro atoms. The van der Waals surface area contributed by atoms with Crippen molar-refractivity contribution < 1.29 is 14.3 Å². The maximum atomic E-state index is 12.8. The van der Waals surface area contributed by atoms with Gasteiger partial charge < -0.3 is 14.8 Å². The van der Waals surface area contributed by atoms with Gasteiger partial charge in [0.1, 0.15) is 11.3 Å². The maximum absolute atomic E-state index is 12.8. The molecule has 1 unspecified atom stereocenters. The van der Waals surface area contributed by atoms with Crippen molar-refractivity contribution >= 4 is 5.91 Å². The van der Waals surface area contributed by atoms with Crippen molar-refractivity contribution in [2.75, 3.05) is 13.7 Å². The first-order valence-corrected chi connectivity index (χ1v) is 8.19. The Morgan fingerprint density at radius 1 is 1.46 bits per heavy atom. The van der Waals surface area contributed by atoms with Crippen LogP contribution in [0.3, 0.4) is 0 Å². The molecule has 0 bridgehead atoms. The number of carbonyl (C=O) groups is 1. The van der Waals surface area contributed by atoms with Crippen molar-refractivity contribution in [1.29, 1.82) is 0 Å². The number of aromatic nitrogens is 2. The first-order chi connectivity index (χ1) is 11.6. The maximum Gasteiger partial charge on any atom is 0.259 e. The number of hydrogen-bond donors (Lipinski definition) is 1. The van der Waals surface area contributed by atoms with Crippen molar-refractivity contribution in [1.82, 2.24) is 15.1 Å². The zero-order valence-corrected chi connectivity index (χ0v) is 14.5. The minimum atomic E-state index is -0.155. The number of methoxy groups -OCH3 is 1. The van der Waals surface area contributed by atoms with Gasteiger partial charge in [-0.25, -0.2) is 4.68 Å². The number of aryl methyl sites for hydroxylation is 2. The number of rotatable bonds is 5. The second-order valence-corrected chi connectivity index (χ2v) is 5.91. The van der Waals surface area contributed by atoms with Gasteiger partial charge in [0.2, 0.25) is 5.88 Å². The van der Waals surface area contributed by atoms with Crippen LogP contribution in [0.5, 0.6) is 11.6 Å². The summed E-state index contributed by atoms with van der Waals surface area (Å²) in [6.45, 7) is 4.43.